The molecule has 2 rings (SSSR count). The first-order valence-corrected chi connectivity index (χ1v) is 3.29. The molecule has 1 aromatic rings. The molecule has 1 aliphatic rings. The molecular formula is C6H9N3O. The van der Waals surface area contributed by atoms with Gasteiger partial charge in [-0.05, 0) is 12.8 Å². The standard InChI is InChI=1S/C6H9N3O/c7-4-5(3-1-2-3)9-10-6(4)8/h3H,1-2,7-8H2. The molecule has 0 aromatic carbocycles. The lowest BCUT2D eigenvalue weighted by Crippen LogP contribution is -1.92. The second kappa shape index (κ2) is 1.65. The average molecular weight is 139 g/mol. The Morgan fingerprint density at radius 3 is 2.50 bits per heavy atom. The van der Waals surface area contributed by atoms with Crippen molar-refractivity contribution in [2.75, 3.05) is 11.5 Å². The van der Waals surface area contributed by atoms with Crippen molar-refractivity contribution < 1.29 is 4.52 Å². The Bertz CT molecular complexity index is 251. The second-order valence-electron chi connectivity index (χ2n) is 2.62. The summed E-state index contributed by atoms with van der Waals surface area (Å²) < 4.78 is 4.70. The van der Waals surface area contributed by atoms with E-state index in [1.54, 1.807) is 0 Å². The Kier molecular flexibility index (Phi) is 0.922. The molecule has 0 saturated heterocycles. The van der Waals surface area contributed by atoms with Crippen LogP contribution < -0.4 is 11.5 Å². The van der Waals surface area contributed by atoms with Crippen molar-refractivity contribution >= 4 is 11.6 Å². The van der Waals surface area contributed by atoms with Crippen LogP contribution in [-0.4, -0.2) is 5.16 Å². The van der Waals surface area contributed by atoms with Crippen LogP contribution in [0.3, 0.4) is 0 Å². The zero-order chi connectivity index (χ0) is 7.14. The van der Waals surface area contributed by atoms with E-state index in [9.17, 15) is 0 Å². The molecule has 1 fully saturated rings. The van der Waals surface area contributed by atoms with E-state index in [1.807, 2.05) is 0 Å². The number of aromatic nitrogens is 1. The Hall–Kier alpha value is -1.19. The van der Waals surface area contributed by atoms with Gasteiger partial charge in [0.2, 0.25) is 5.88 Å². The summed E-state index contributed by atoms with van der Waals surface area (Å²) in [5.74, 6) is 0.767. The van der Waals surface area contributed by atoms with Crippen molar-refractivity contribution in [1.29, 1.82) is 0 Å². The molecule has 0 radical (unpaired) electrons. The van der Waals surface area contributed by atoms with E-state index in [1.165, 1.54) is 0 Å². The summed E-state index contributed by atoms with van der Waals surface area (Å²) in [5.41, 5.74) is 12.3. The molecule has 0 bridgehead atoms. The maximum Gasteiger partial charge on any atom is 0.245 e. The molecule has 4 heteroatoms. The van der Waals surface area contributed by atoms with Gasteiger partial charge >= 0.3 is 0 Å². The van der Waals surface area contributed by atoms with Gasteiger partial charge in [-0.25, -0.2) is 0 Å². The highest BCUT2D eigenvalue weighted by Crippen LogP contribution is 2.43. The Labute approximate surface area is 58.2 Å². The van der Waals surface area contributed by atoms with Crippen LogP contribution in [0.15, 0.2) is 4.52 Å². The fraction of sp³-hybridized carbons (Fsp3) is 0.500. The molecule has 0 aliphatic heterocycles. The van der Waals surface area contributed by atoms with Crippen LogP contribution >= 0.6 is 0 Å². The molecule has 0 unspecified atom stereocenters. The Balaban J connectivity index is 2.40. The summed E-state index contributed by atoms with van der Waals surface area (Å²) in [6.07, 6.45) is 2.33. The maximum atomic E-state index is 5.56. The number of hydrogen-bond donors (Lipinski definition) is 2. The topological polar surface area (TPSA) is 78.1 Å². The zero-order valence-corrected chi connectivity index (χ0v) is 5.50. The van der Waals surface area contributed by atoms with Gasteiger partial charge in [0.1, 0.15) is 11.4 Å². The summed E-state index contributed by atoms with van der Waals surface area (Å²) in [5, 5.41) is 3.75. The second-order valence-corrected chi connectivity index (χ2v) is 2.62. The predicted molar refractivity (Wildman–Crippen MR) is 37.3 cm³/mol. The lowest BCUT2D eigenvalue weighted by molar-refractivity contribution is 0.428. The van der Waals surface area contributed by atoms with Crippen molar-refractivity contribution in [2.45, 2.75) is 18.8 Å². The monoisotopic (exact) mass is 139 g/mol. The van der Waals surface area contributed by atoms with E-state index in [0.717, 1.165) is 18.5 Å². The minimum absolute atomic E-state index is 0.252. The third-order valence-corrected chi connectivity index (χ3v) is 1.75. The van der Waals surface area contributed by atoms with Gasteiger partial charge in [0, 0.05) is 5.92 Å². The van der Waals surface area contributed by atoms with Crippen LogP contribution in [0.2, 0.25) is 0 Å². The minimum Gasteiger partial charge on any atom is -0.393 e. The molecular weight excluding hydrogens is 130 g/mol. The van der Waals surface area contributed by atoms with Crippen LogP contribution in [0.25, 0.3) is 0 Å². The van der Waals surface area contributed by atoms with E-state index in [4.69, 9.17) is 16.0 Å². The minimum atomic E-state index is 0.252. The molecule has 0 spiro atoms. The summed E-state index contributed by atoms with van der Waals surface area (Å²) in [4.78, 5) is 0. The number of rotatable bonds is 1. The van der Waals surface area contributed by atoms with Gasteiger partial charge in [0.15, 0.2) is 0 Å². The molecule has 4 nitrogen and oxygen atoms in total. The number of hydrogen-bond acceptors (Lipinski definition) is 4. The molecule has 1 heterocycles. The summed E-state index contributed by atoms with van der Waals surface area (Å²) in [6, 6.07) is 0. The fourth-order valence-corrected chi connectivity index (χ4v) is 0.974. The first-order valence-electron chi connectivity index (χ1n) is 3.29. The van der Waals surface area contributed by atoms with E-state index in [0.29, 0.717) is 11.6 Å². The Morgan fingerprint density at radius 1 is 1.40 bits per heavy atom. The van der Waals surface area contributed by atoms with Crippen molar-refractivity contribution in [2.24, 2.45) is 0 Å². The Morgan fingerprint density at radius 2 is 2.10 bits per heavy atom. The van der Waals surface area contributed by atoms with Gasteiger partial charge in [-0.1, -0.05) is 5.16 Å². The van der Waals surface area contributed by atoms with Crippen LogP contribution in [0.1, 0.15) is 24.5 Å². The number of anilines is 2. The van der Waals surface area contributed by atoms with Gasteiger partial charge in [-0.15, -0.1) is 0 Å². The zero-order valence-electron chi connectivity index (χ0n) is 5.50. The largest absolute Gasteiger partial charge is 0.393 e. The smallest absolute Gasteiger partial charge is 0.245 e. The molecule has 0 atom stereocenters. The first-order chi connectivity index (χ1) is 4.79. The van der Waals surface area contributed by atoms with E-state index < -0.39 is 0 Å². The highest BCUT2D eigenvalue weighted by molar-refractivity contribution is 5.60. The quantitative estimate of drug-likeness (QED) is 0.600. The molecule has 1 saturated carbocycles. The third kappa shape index (κ3) is 0.650. The van der Waals surface area contributed by atoms with Crippen LogP contribution in [0.5, 0.6) is 0 Å². The fourth-order valence-electron chi connectivity index (χ4n) is 0.974. The van der Waals surface area contributed by atoms with E-state index >= 15 is 0 Å². The molecule has 10 heavy (non-hydrogen) atoms. The van der Waals surface area contributed by atoms with E-state index in [-0.39, 0.29) is 5.88 Å². The van der Waals surface area contributed by atoms with Crippen LogP contribution in [-0.2, 0) is 0 Å². The first kappa shape index (κ1) is 5.58. The van der Waals surface area contributed by atoms with Crippen molar-refractivity contribution in [3.63, 3.8) is 0 Å². The van der Waals surface area contributed by atoms with Crippen LogP contribution in [0.4, 0.5) is 11.6 Å². The normalized spacial score (nSPS) is 17.6. The van der Waals surface area contributed by atoms with Crippen molar-refractivity contribution in [3.8, 4) is 0 Å². The van der Waals surface area contributed by atoms with E-state index in [2.05, 4.69) is 5.16 Å². The lowest BCUT2D eigenvalue weighted by atomic mass is 10.2. The lowest BCUT2D eigenvalue weighted by Gasteiger charge is -1.88. The highest BCUT2D eigenvalue weighted by atomic mass is 16.5. The highest BCUT2D eigenvalue weighted by Gasteiger charge is 2.29. The van der Waals surface area contributed by atoms with Gasteiger partial charge < -0.3 is 16.0 Å². The molecule has 0 amide bonds. The van der Waals surface area contributed by atoms with Gasteiger partial charge in [-0.3, -0.25) is 0 Å². The number of nitrogens with zero attached hydrogens (tertiary/aromatic N) is 1. The molecule has 54 valence electrons. The SMILES string of the molecule is Nc1onc(C2CC2)c1N. The predicted octanol–water partition coefficient (Wildman–Crippen LogP) is 0.716. The summed E-state index contributed by atoms with van der Waals surface area (Å²) >= 11 is 0. The van der Waals surface area contributed by atoms with Gasteiger partial charge in [0.25, 0.3) is 0 Å². The van der Waals surface area contributed by atoms with Crippen LogP contribution in [0, 0.1) is 0 Å². The molecule has 1 aliphatic carbocycles. The van der Waals surface area contributed by atoms with Crippen molar-refractivity contribution in [1.82, 2.24) is 5.16 Å². The average Bonchev–Trinajstić information content (AvgIpc) is 2.67. The number of nitrogens with two attached hydrogens (primary N) is 2. The number of nitrogen functional groups attached to an aromatic ring is 2. The van der Waals surface area contributed by atoms with Gasteiger partial charge in [-0.2, -0.15) is 0 Å². The van der Waals surface area contributed by atoms with Gasteiger partial charge in [0.05, 0.1) is 0 Å². The summed E-state index contributed by atoms with van der Waals surface area (Å²) in [6.45, 7) is 0. The third-order valence-electron chi connectivity index (χ3n) is 1.75. The molecule has 1 aromatic heterocycles. The molecule has 4 N–H and O–H groups in total. The maximum absolute atomic E-state index is 5.56. The summed E-state index contributed by atoms with van der Waals surface area (Å²) in [7, 11) is 0. The van der Waals surface area contributed by atoms with Crippen molar-refractivity contribution in [3.05, 3.63) is 5.69 Å².